The van der Waals surface area contributed by atoms with Gasteiger partial charge in [0.15, 0.2) is 0 Å². The number of benzene rings is 2. The average molecular weight is 317 g/mol. The van der Waals surface area contributed by atoms with E-state index in [0.717, 1.165) is 18.2 Å². The van der Waals surface area contributed by atoms with Gasteiger partial charge in [-0.1, -0.05) is 28.1 Å². The van der Waals surface area contributed by atoms with Crippen LogP contribution in [0.4, 0.5) is 13.2 Å². The Balaban J connectivity index is 2.51. The van der Waals surface area contributed by atoms with Gasteiger partial charge >= 0.3 is 0 Å². The van der Waals surface area contributed by atoms with Crippen LogP contribution >= 0.6 is 15.9 Å². The fourth-order valence-electron chi connectivity index (χ4n) is 1.65. The van der Waals surface area contributed by atoms with Crippen LogP contribution in [-0.4, -0.2) is 5.11 Å². The highest BCUT2D eigenvalue weighted by atomic mass is 79.9. The topological polar surface area (TPSA) is 20.2 Å². The summed E-state index contributed by atoms with van der Waals surface area (Å²) in [4.78, 5) is 0. The summed E-state index contributed by atoms with van der Waals surface area (Å²) in [6.07, 6.45) is -1.50. The van der Waals surface area contributed by atoms with Gasteiger partial charge in [0.1, 0.15) is 23.6 Å². The normalized spacial score (nSPS) is 12.5. The van der Waals surface area contributed by atoms with Crippen molar-refractivity contribution in [1.82, 2.24) is 0 Å². The summed E-state index contributed by atoms with van der Waals surface area (Å²) in [5.74, 6) is -2.34. The monoisotopic (exact) mass is 316 g/mol. The minimum atomic E-state index is -1.50. The first-order chi connectivity index (χ1) is 8.50. The molecule has 1 atom stereocenters. The quantitative estimate of drug-likeness (QED) is 0.889. The highest BCUT2D eigenvalue weighted by molar-refractivity contribution is 9.10. The number of aliphatic hydroxyl groups excluding tert-OH is 1. The minimum Gasteiger partial charge on any atom is -0.383 e. The summed E-state index contributed by atoms with van der Waals surface area (Å²) >= 11 is 3.09. The zero-order valence-electron chi connectivity index (χ0n) is 9.00. The molecule has 2 rings (SSSR count). The highest BCUT2D eigenvalue weighted by Crippen LogP contribution is 2.32. The van der Waals surface area contributed by atoms with E-state index in [1.807, 2.05) is 0 Å². The van der Waals surface area contributed by atoms with Crippen LogP contribution in [0.25, 0.3) is 0 Å². The Morgan fingerprint density at radius 3 is 2.33 bits per heavy atom. The molecule has 1 N–H and O–H groups in total. The maximum absolute atomic E-state index is 13.6. The van der Waals surface area contributed by atoms with Crippen molar-refractivity contribution in [2.24, 2.45) is 0 Å². The molecule has 1 unspecified atom stereocenters. The molecule has 0 bridgehead atoms. The molecule has 2 aromatic rings. The molecule has 0 saturated carbocycles. The minimum absolute atomic E-state index is 0.0805. The predicted octanol–water partition coefficient (Wildman–Crippen LogP) is 3.95. The van der Waals surface area contributed by atoms with Crippen LogP contribution in [0.1, 0.15) is 17.2 Å². The van der Waals surface area contributed by atoms with Gasteiger partial charge in [-0.25, -0.2) is 13.2 Å². The van der Waals surface area contributed by atoms with Gasteiger partial charge in [0, 0.05) is 21.7 Å². The van der Waals surface area contributed by atoms with Crippen LogP contribution in [-0.2, 0) is 0 Å². The molecule has 0 aliphatic heterocycles. The van der Waals surface area contributed by atoms with Crippen molar-refractivity contribution in [2.45, 2.75) is 6.10 Å². The lowest BCUT2D eigenvalue weighted by Gasteiger charge is -2.15. The standard InChI is InChI=1S/C13H8BrF3O/c14-9-2-1-3-10(16)12(9)13(18)8-5-4-7(15)6-11(8)17/h1-6,13,18H. The fraction of sp³-hybridized carbons (Fsp3) is 0.0769. The van der Waals surface area contributed by atoms with Crippen LogP contribution in [0.15, 0.2) is 40.9 Å². The zero-order chi connectivity index (χ0) is 13.3. The van der Waals surface area contributed by atoms with Gasteiger partial charge in [0.2, 0.25) is 0 Å². The van der Waals surface area contributed by atoms with Crippen molar-refractivity contribution in [3.8, 4) is 0 Å². The first-order valence-electron chi connectivity index (χ1n) is 5.07. The predicted molar refractivity (Wildman–Crippen MR) is 64.5 cm³/mol. The summed E-state index contributed by atoms with van der Waals surface area (Å²) < 4.78 is 40.2. The van der Waals surface area contributed by atoms with Crippen molar-refractivity contribution >= 4 is 15.9 Å². The first kappa shape index (κ1) is 13.1. The second kappa shape index (κ2) is 5.12. The molecule has 2 aromatic carbocycles. The van der Waals surface area contributed by atoms with Crippen LogP contribution in [0.2, 0.25) is 0 Å². The van der Waals surface area contributed by atoms with E-state index < -0.39 is 23.6 Å². The van der Waals surface area contributed by atoms with Crippen molar-refractivity contribution in [3.05, 3.63) is 69.4 Å². The first-order valence-corrected chi connectivity index (χ1v) is 5.87. The Morgan fingerprint density at radius 2 is 1.72 bits per heavy atom. The molecule has 18 heavy (non-hydrogen) atoms. The van der Waals surface area contributed by atoms with E-state index in [9.17, 15) is 18.3 Å². The second-order valence-electron chi connectivity index (χ2n) is 3.70. The highest BCUT2D eigenvalue weighted by Gasteiger charge is 2.21. The number of halogens is 4. The van der Waals surface area contributed by atoms with Crippen molar-refractivity contribution < 1.29 is 18.3 Å². The van der Waals surface area contributed by atoms with Crippen LogP contribution < -0.4 is 0 Å². The molecule has 0 fully saturated rings. The average Bonchev–Trinajstić information content (AvgIpc) is 2.28. The largest absolute Gasteiger partial charge is 0.383 e. The summed E-state index contributed by atoms with van der Waals surface area (Å²) in [6, 6.07) is 6.89. The fourth-order valence-corrected chi connectivity index (χ4v) is 2.21. The molecule has 0 aliphatic carbocycles. The van der Waals surface area contributed by atoms with Crippen LogP contribution in [0, 0.1) is 17.5 Å². The summed E-state index contributed by atoms with van der Waals surface area (Å²) in [6.45, 7) is 0. The van der Waals surface area contributed by atoms with Gasteiger partial charge in [-0.15, -0.1) is 0 Å². The van der Waals surface area contributed by atoms with Crippen LogP contribution in [0.3, 0.4) is 0 Å². The molecule has 94 valence electrons. The van der Waals surface area contributed by atoms with Gasteiger partial charge in [-0.05, 0) is 18.2 Å². The number of aliphatic hydroxyl groups is 1. The lowest BCUT2D eigenvalue weighted by atomic mass is 10.0. The third kappa shape index (κ3) is 2.42. The number of hydrogen-bond donors (Lipinski definition) is 1. The van der Waals surface area contributed by atoms with Crippen molar-refractivity contribution in [3.63, 3.8) is 0 Å². The van der Waals surface area contributed by atoms with E-state index in [2.05, 4.69) is 15.9 Å². The molecule has 0 aromatic heterocycles. The molecule has 1 nitrogen and oxygen atoms in total. The molecule has 0 saturated heterocycles. The Hall–Kier alpha value is -1.33. The van der Waals surface area contributed by atoms with E-state index in [1.54, 1.807) is 0 Å². The van der Waals surface area contributed by atoms with Gasteiger partial charge in [-0.2, -0.15) is 0 Å². The Bertz CT molecular complexity index is 566. The molecule has 0 spiro atoms. The van der Waals surface area contributed by atoms with Gasteiger partial charge in [0.25, 0.3) is 0 Å². The third-order valence-electron chi connectivity index (χ3n) is 2.53. The van der Waals surface area contributed by atoms with Gasteiger partial charge in [0.05, 0.1) is 0 Å². The van der Waals surface area contributed by atoms with E-state index in [4.69, 9.17) is 0 Å². The smallest absolute Gasteiger partial charge is 0.132 e. The van der Waals surface area contributed by atoms with Crippen molar-refractivity contribution in [1.29, 1.82) is 0 Å². The Morgan fingerprint density at radius 1 is 1.00 bits per heavy atom. The number of rotatable bonds is 2. The molecular formula is C13H8BrF3O. The Labute approximate surface area is 110 Å². The van der Waals surface area contributed by atoms with Crippen molar-refractivity contribution in [2.75, 3.05) is 0 Å². The van der Waals surface area contributed by atoms with E-state index in [-0.39, 0.29) is 11.1 Å². The summed E-state index contributed by atoms with van der Waals surface area (Å²) in [7, 11) is 0. The lowest BCUT2D eigenvalue weighted by molar-refractivity contribution is 0.208. The van der Waals surface area contributed by atoms with Gasteiger partial charge < -0.3 is 5.11 Å². The Kier molecular flexibility index (Phi) is 3.73. The molecular weight excluding hydrogens is 309 g/mol. The molecule has 0 heterocycles. The lowest BCUT2D eigenvalue weighted by Crippen LogP contribution is -2.06. The van der Waals surface area contributed by atoms with E-state index >= 15 is 0 Å². The maximum atomic E-state index is 13.6. The summed E-state index contributed by atoms with van der Waals surface area (Å²) in [5, 5.41) is 9.99. The van der Waals surface area contributed by atoms with Crippen LogP contribution in [0.5, 0.6) is 0 Å². The maximum Gasteiger partial charge on any atom is 0.132 e. The van der Waals surface area contributed by atoms with Gasteiger partial charge in [-0.3, -0.25) is 0 Å². The molecule has 0 radical (unpaired) electrons. The van der Waals surface area contributed by atoms with E-state index in [1.165, 1.54) is 12.1 Å². The zero-order valence-corrected chi connectivity index (χ0v) is 10.6. The SMILES string of the molecule is OC(c1ccc(F)cc1F)c1c(F)cccc1Br. The molecule has 0 amide bonds. The second-order valence-corrected chi connectivity index (χ2v) is 4.56. The van der Waals surface area contributed by atoms with E-state index in [0.29, 0.717) is 10.5 Å². The number of hydrogen-bond acceptors (Lipinski definition) is 1. The molecule has 5 heteroatoms. The molecule has 0 aliphatic rings. The summed E-state index contributed by atoms with van der Waals surface area (Å²) in [5.41, 5.74) is -0.259. The third-order valence-corrected chi connectivity index (χ3v) is 3.22.